The van der Waals surface area contributed by atoms with E-state index >= 15 is 0 Å². The molecule has 0 heterocycles. The van der Waals surface area contributed by atoms with Gasteiger partial charge in [0, 0.05) is 0 Å². The van der Waals surface area contributed by atoms with E-state index in [1.807, 2.05) is 0 Å². The van der Waals surface area contributed by atoms with Gasteiger partial charge in [-0.15, -0.1) is 0 Å². The molecule has 1 radical (unpaired) electrons. The standard InChI is InChI=1S/C9H15/c1-2-3-6-9-7-4-5-8-9/h2,4,7,9H,3,5-6,8H2,1H3. The molecule has 0 amide bonds. The van der Waals surface area contributed by atoms with Crippen LogP contribution in [0.4, 0.5) is 0 Å². The van der Waals surface area contributed by atoms with Gasteiger partial charge in [0.25, 0.3) is 0 Å². The zero-order chi connectivity index (χ0) is 6.53. The van der Waals surface area contributed by atoms with Crippen molar-refractivity contribution >= 4 is 0 Å². The molecule has 0 nitrogen and oxygen atoms in total. The molecule has 1 rings (SSSR count). The Bertz CT molecular complexity index is 92.2. The van der Waals surface area contributed by atoms with Gasteiger partial charge in [0.1, 0.15) is 0 Å². The second kappa shape index (κ2) is 3.71. The molecule has 0 saturated carbocycles. The Morgan fingerprint density at radius 3 is 3.11 bits per heavy atom. The molecular formula is C9H15. The minimum atomic E-state index is 0.904. The van der Waals surface area contributed by atoms with Crippen molar-refractivity contribution in [2.45, 2.75) is 32.6 Å². The minimum absolute atomic E-state index is 0.904. The Morgan fingerprint density at radius 1 is 1.67 bits per heavy atom. The molecule has 1 atom stereocenters. The van der Waals surface area contributed by atoms with Crippen LogP contribution in [0.25, 0.3) is 0 Å². The van der Waals surface area contributed by atoms with Crippen LogP contribution < -0.4 is 0 Å². The van der Waals surface area contributed by atoms with Gasteiger partial charge >= 0.3 is 0 Å². The van der Waals surface area contributed by atoms with Crippen LogP contribution in [0.3, 0.4) is 0 Å². The first-order chi connectivity index (χ1) is 4.43. The maximum atomic E-state index is 2.36. The van der Waals surface area contributed by atoms with Crippen LogP contribution >= 0.6 is 0 Å². The van der Waals surface area contributed by atoms with E-state index in [1.54, 1.807) is 0 Å². The topological polar surface area (TPSA) is 0 Å². The zero-order valence-electron chi connectivity index (χ0n) is 6.14. The van der Waals surface area contributed by atoms with Crippen LogP contribution in [0.5, 0.6) is 0 Å². The van der Waals surface area contributed by atoms with Gasteiger partial charge < -0.3 is 0 Å². The summed E-state index contributed by atoms with van der Waals surface area (Å²) in [5.74, 6) is 0.904. The Morgan fingerprint density at radius 2 is 2.56 bits per heavy atom. The lowest BCUT2D eigenvalue weighted by Crippen LogP contribution is -1.90. The van der Waals surface area contributed by atoms with Crippen molar-refractivity contribution in [2.75, 3.05) is 0 Å². The smallest absolute Gasteiger partial charge is 0.0230 e. The number of rotatable bonds is 3. The molecule has 9 heavy (non-hydrogen) atoms. The highest BCUT2D eigenvalue weighted by atomic mass is 14.1. The summed E-state index contributed by atoms with van der Waals surface area (Å²) in [5, 5.41) is 0. The minimum Gasteiger partial charge on any atom is -0.0882 e. The monoisotopic (exact) mass is 123 g/mol. The molecule has 0 fully saturated rings. The average molecular weight is 123 g/mol. The molecule has 1 aliphatic carbocycles. The quantitative estimate of drug-likeness (QED) is 0.506. The zero-order valence-corrected chi connectivity index (χ0v) is 6.14. The maximum Gasteiger partial charge on any atom is -0.0230 e. The number of unbranched alkanes of at least 4 members (excludes halogenated alkanes) is 1. The number of hydrogen-bond acceptors (Lipinski definition) is 0. The molecule has 0 spiro atoms. The lowest BCUT2D eigenvalue weighted by molar-refractivity contribution is 0.575. The summed E-state index contributed by atoms with van der Waals surface area (Å²) in [4.78, 5) is 0. The molecule has 0 aromatic carbocycles. The number of allylic oxidation sites excluding steroid dienone is 2. The molecule has 0 heteroatoms. The number of hydrogen-bond donors (Lipinski definition) is 0. The SMILES string of the molecule is C[CH]CCC1C=CCC1. The summed E-state index contributed by atoms with van der Waals surface area (Å²) in [7, 11) is 0. The highest BCUT2D eigenvalue weighted by molar-refractivity contribution is 4.96. The summed E-state index contributed by atoms with van der Waals surface area (Å²) >= 11 is 0. The van der Waals surface area contributed by atoms with Gasteiger partial charge in [-0.1, -0.05) is 19.1 Å². The third-order valence-corrected chi connectivity index (χ3v) is 1.94. The van der Waals surface area contributed by atoms with Crippen LogP contribution in [0, 0.1) is 12.3 Å². The van der Waals surface area contributed by atoms with Gasteiger partial charge in [0.2, 0.25) is 0 Å². The molecule has 0 aromatic heterocycles. The van der Waals surface area contributed by atoms with Crippen molar-refractivity contribution in [3.05, 3.63) is 18.6 Å². The highest BCUT2D eigenvalue weighted by Gasteiger charge is 2.06. The van der Waals surface area contributed by atoms with Crippen LogP contribution in [0.1, 0.15) is 32.6 Å². The van der Waals surface area contributed by atoms with Crippen LogP contribution in [-0.4, -0.2) is 0 Å². The van der Waals surface area contributed by atoms with Crippen molar-refractivity contribution < 1.29 is 0 Å². The molecule has 51 valence electrons. The normalized spacial score (nSPS) is 25.2. The summed E-state index contributed by atoms with van der Waals surface area (Å²) < 4.78 is 0. The van der Waals surface area contributed by atoms with Crippen molar-refractivity contribution in [2.24, 2.45) is 5.92 Å². The van der Waals surface area contributed by atoms with Gasteiger partial charge in [-0.2, -0.15) is 0 Å². The van der Waals surface area contributed by atoms with Crippen molar-refractivity contribution in [3.63, 3.8) is 0 Å². The van der Waals surface area contributed by atoms with Gasteiger partial charge in [-0.3, -0.25) is 0 Å². The molecule has 0 aliphatic heterocycles. The lowest BCUT2D eigenvalue weighted by Gasteiger charge is -2.03. The predicted molar refractivity (Wildman–Crippen MR) is 41.1 cm³/mol. The molecule has 0 saturated heterocycles. The Kier molecular flexibility index (Phi) is 2.82. The van der Waals surface area contributed by atoms with Crippen molar-refractivity contribution in [1.82, 2.24) is 0 Å². The summed E-state index contributed by atoms with van der Waals surface area (Å²) in [6.07, 6.45) is 12.3. The Balaban J connectivity index is 2.05. The molecule has 1 unspecified atom stereocenters. The second-order valence-electron chi connectivity index (χ2n) is 2.75. The van der Waals surface area contributed by atoms with Crippen LogP contribution in [-0.2, 0) is 0 Å². The van der Waals surface area contributed by atoms with E-state index < -0.39 is 0 Å². The fraction of sp³-hybridized carbons (Fsp3) is 0.667. The largest absolute Gasteiger partial charge is 0.0882 e. The first-order valence-electron chi connectivity index (χ1n) is 3.88. The van der Waals surface area contributed by atoms with Gasteiger partial charge in [0.15, 0.2) is 0 Å². The van der Waals surface area contributed by atoms with E-state index in [2.05, 4.69) is 25.5 Å². The first kappa shape index (κ1) is 6.85. The maximum absolute atomic E-state index is 2.36. The first-order valence-corrected chi connectivity index (χ1v) is 3.88. The van der Waals surface area contributed by atoms with Crippen LogP contribution in [0.15, 0.2) is 12.2 Å². The molecule has 0 aromatic rings. The fourth-order valence-corrected chi connectivity index (χ4v) is 1.32. The van der Waals surface area contributed by atoms with E-state index in [0.717, 1.165) is 5.92 Å². The van der Waals surface area contributed by atoms with E-state index in [0.29, 0.717) is 0 Å². The molecule has 0 N–H and O–H groups in total. The van der Waals surface area contributed by atoms with E-state index in [-0.39, 0.29) is 0 Å². The summed E-state index contributed by atoms with van der Waals surface area (Å²) in [6, 6.07) is 0. The Labute approximate surface area is 58.0 Å². The van der Waals surface area contributed by atoms with Crippen molar-refractivity contribution in [1.29, 1.82) is 0 Å². The lowest BCUT2D eigenvalue weighted by atomic mass is 10.0. The average Bonchev–Trinajstić information content (AvgIpc) is 2.34. The molecule has 1 aliphatic rings. The summed E-state index contributed by atoms with van der Waals surface area (Å²) in [5.41, 5.74) is 0. The Hall–Kier alpha value is -0.260. The van der Waals surface area contributed by atoms with E-state index in [1.165, 1.54) is 25.7 Å². The van der Waals surface area contributed by atoms with Gasteiger partial charge in [-0.05, 0) is 38.0 Å². The van der Waals surface area contributed by atoms with E-state index in [9.17, 15) is 0 Å². The van der Waals surface area contributed by atoms with Gasteiger partial charge in [-0.25, -0.2) is 0 Å². The van der Waals surface area contributed by atoms with Gasteiger partial charge in [0.05, 0.1) is 0 Å². The second-order valence-corrected chi connectivity index (χ2v) is 2.75. The highest BCUT2D eigenvalue weighted by Crippen LogP contribution is 2.21. The molecule has 0 bridgehead atoms. The fourth-order valence-electron chi connectivity index (χ4n) is 1.32. The molecular weight excluding hydrogens is 108 g/mol. The van der Waals surface area contributed by atoms with Crippen LogP contribution in [0.2, 0.25) is 0 Å². The van der Waals surface area contributed by atoms with Crippen molar-refractivity contribution in [3.8, 4) is 0 Å². The third kappa shape index (κ3) is 2.21. The summed E-state index contributed by atoms with van der Waals surface area (Å²) in [6.45, 7) is 2.14. The predicted octanol–water partition coefficient (Wildman–Crippen LogP) is 2.96. The van der Waals surface area contributed by atoms with E-state index in [4.69, 9.17) is 0 Å². The third-order valence-electron chi connectivity index (χ3n) is 1.94.